The van der Waals surface area contributed by atoms with Crippen LogP contribution in [0.15, 0.2) is 85.2 Å². The van der Waals surface area contributed by atoms with Crippen LogP contribution in [0.2, 0.25) is 0 Å². The number of piperazine rings is 1. The average Bonchev–Trinajstić information content (AvgIpc) is 3.41. The lowest BCUT2D eigenvalue weighted by Gasteiger charge is -2.39. The van der Waals surface area contributed by atoms with Crippen LogP contribution in [0, 0.1) is 5.82 Å². The smallest absolute Gasteiger partial charge is 0.231 e. The van der Waals surface area contributed by atoms with Crippen molar-refractivity contribution in [2.24, 2.45) is 5.73 Å². The zero-order valence-electron chi connectivity index (χ0n) is 19.4. The molecular formula is C28H28FN5O. The molecule has 1 atom stereocenters. The van der Waals surface area contributed by atoms with E-state index < -0.39 is 0 Å². The van der Waals surface area contributed by atoms with E-state index in [1.54, 1.807) is 6.07 Å². The maximum Gasteiger partial charge on any atom is 0.231 e. The summed E-state index contributed by atoms with van der Waals surface area (Å²) in [5, 5.41) is 7.07. The molecule has 35 heavy (non-hydrogen) atoms. The van der Waals surface area contributed by atoms with E-state index in [9.17, 15) is 4.79 Å². The molecule has 0 aliphatic carbocycles. The van der Waals surface area contributed by atoms with Crippen molar-refractivity contribution in [3.05, 3.63) is 102 Å². The highest BCUT2D eigenvalue weighted by molar-refractivity contribution is 5.76. The number of hydrogen-bond acceptors (Lipinski definition) is 4. The maximum atomic E-state index is 15.0. The summed E-state index contributed by atoms with van der Waals surface area (Å²) in [7, 11) is 0. The van der Waals surface area contributed by atoms with Gasteiger partial charge in [0.1, 0.15) is 5.82 Å². The summed E-state index contributed by atoms with van der Waals surface area (Å²) >= 11 is 0. The normalized spacial score (nSPS) is 15.7. The molecule has 4 aromatic rings. The lowest BCUT2D eigenvalue weighted by Crippen LogP contribution is -2.49. The van der Waals surface area contributed by atoms with Crippen molar-refractivity contribution in [3.63, 3.8) is 0 Å². The summed E-state index contributed by atoms with van der Waals surface area (Å²) in [5.41, 5.74) is 11.0. The Labute approximate surface area is 204 Å². The number of hydrogen-bond donors (Lipinski definition) is 2. The number of H-pyrrole nitrogens is 1. The van der Waals surface area contributed by atoms with Gasteiger partial charge in [0.05, 0.1) is 18.8 Å². The lowest BCUT2D eigenvalue weighted by molar-refractivity contribution is -0.119. The largest absolute Gasteiger partial charge is 0.369 e. The molecule has 5 rings (SSSR count). The van der Waals surface area contributed by atoms with Gasteiger partial charge in [-0.3, -0.25) is 19.7 Å². The molecule has 0 radical (unpaired) electrons. The lowest BCUT2D eigenvalue weighted by atomic mass is 9.94. The third kappa shape index (κ3) is 5.16. The van der Waals surface area contributed by atoms with Crippen molar-refractivity contribution < 1.29 is 9.18 Å². The molecule has 2 heterocycles. The highest BCUT2D eigenvalue weighted by Gasteiger charge is 2.28. The second kappa shape index (κ2) is 10.2. The molecule has 3 aromatic carbocycles. The number of benzene rings is 3. The number of aromatic amines is 1. The zero-order valence-corrected chi connectivity index (χ0v) is 19.4. The van der Waals surface area contributed by atoms with Gasteiger partial charge in [-0.25, -0.2) is 4.39 Å². The first kappa shape index (κ1) is 23.0. The van der Waals surface area contributed by atoms with Crippen molar-refractivity contribution in [3.8, 4) is 22.3 Å². The first-order valence-corrected chi connectivity index (χ1v) is 11.8. The van der Waals surface area contributed by atoms with Gasteiger partial charge in [0.15, 0.2) is 0 Å². The Hall–Kier alpha value is -3.81. The van der Waals surface area contributed by atoms with Crippen LogP contribution in [-0.2, 0) is 4.79 Å². The molecule has 1 unspecified atom stereocenters. The Morgan fingerprint density at radius 3 is 2.26 bits per heavy atom. The fourth-order valence-electron chi connectivity index (χ4n) is 4.83. The molecule has 1 saturated heterocycles. The van der Waals surface area contributed by atoms with Gasteiger partial charge in [-0.15, -0.1) is 0 Å². The third-order valence-corrected chi connectivity index (χ3v) is 6.60. The molecule has 1 fully saturated rings. The molecule has 3 N–H and O–H groups in total. The number of amides is 1. The van der Waals surface area contributed by atoms with Crippen LogP contribution in [0.4, 0.5) is 4.39 Å². The first-order valence-electron chi connectivity index (χ1n) is 11.8. The fraction of sp³-hybridized carbons (Fsp3) is 0.214. The molecule has 7 heteroatoms. The molecule has 1 aromatic heterocycles. The van der Waals surface area contributed by atoms with Gasteiger partial charge in [0.25, 0.3) is 0 Å². The molecule has 178 valence electrons. The van der Waals surface area contributed by atoms with Gasteiger partial charge in [0, 0.05) is 43.5 Å². The van der Waals surface area contributed by atoms with Crippen LogP contribution in [0.1, 0.15) is 17.2 Å². The molecule has 0 saturated carbocycles. The third-order valence-electron chi connectivity index (χ3n) is 6.60. The number of aromatic nitrogens is 2. The number of primary amides is 1. The van der Waals surface area contributed by atoms with E-state index in [-0.39, 0.29) is 24.3 Å². The number of nitrogens with two attached hydrogens (primary N) is 1. The van der Waals surface area contributed by atoms with Crippen LogP contribution >= 0.6 is 0 Å². The van der Waals surface area contributed by atoms with E-state index in [1.807, 2.05) is 67.0 Å². The van der Waals surface area contributed by atoms with E-state index in [0.717, 1.165) is 54.0 Å². The predicted molar refractivity (Wildman–Crippen MR) is 135 cm³/mol. The Kier molecular flexibility index (Phi) is 6.70. The number of nitrogens with zero attached hydrogens (tertiary/aromatic N) is 3. The van der Waals surface area contributed by atoms with Crippen molar-refractivity contribution in [1.82, 2.24) is 20.0 Å². The van der Waals surface area contributed by atoms with Crippen molar-refractivity contribution >= 4 is 5.91 Å². The van der Waals surface area contributed by atoms with E-state index in [1.165, 1.54) is 0 Å². The number of carbonyl (C=O) groups is 1. The molecular weight excluding hydrogens is 441 g/mol. The Morgan fingerprint density at radius 1 is 0.914 bits per heavy atom. The first-order chi connectivity index (χ1) is 17.1. The van der Waals surface area contributed by atoms with E-state index >= 15 is 4.39 Å². The van der Waals surface area contributed by atoms with Crippen molar-refractivity contribution in [2.45, 2.75) is 6.04 Å². The zero-order chi connectivity index (χ0) is 24.2. The molecule has 1 aliphatic heterocycles. The number of carbonyl (C=O) groups excluding carboxylic acids is 1. The Bertz CT molecular complexity index is 1270. The second-order valence-electron chi connectivity index (χ2n) is 8.90. The van der Waals surface area contributed by atoms with Crippen LogP contribution in [0.25, 0.3) is 22.3 Å². The number of rotatable bonds is 7. The highest BCUT2D eigenvalue weighted by atomic mass is 19.1. The predicted octanol–water partition coefficient (Wildman–Crippen LogP) is 4.08. The standard InChI is InChI=1S/C28H28FN5O/c29-26-11-10-23(16-25(26)22-8-6-21(7-9-22)20-4-2-1-3-5-20)28(24-17-31-32-18-24)34-14-12-33(13-15-34)19-27(30)35/h1-11,16-18,28H,12-15,19H2,(H2,30,35)(H,31,32). The molecule has 0 spiro atoms. The summed E-state index contributed by atoms with van der Waals surface area (Å²) in [4.78, 5) is 15.7. The van der Waals surface area contributed by atoms with E-state index in [2.05, 4.69) is 32.1 Å². The second-order valence-corrected chi connectivity index (χ2v) is 8.90. The van der Waals surface area contributed by atoms with Crippen LogP contribution < -0.4 is 5.73 Å². The Balaban J connectivity index is 1.44. The summed E-state index contributed by atoms with van der Waals surface area (Å²) in [6.45, 7) is 3.28. The van der Waals surface area contributed by atoms with Crippen LogP contribution in [0.3, 0.4) is 0 Å². The quantitative estimate of drug-likeness (QED) is 0.428. The molecule has 6 nitrogen and oxygen atoms in total. The summed E-state index contributed by atoms with van der Waals surface area (Å²) in [6, 6.07) is 23.4. The topological polar surface area (TPSA) is 78.2 Å². The summed E-state index contributed by atoms with van der Waals surface area (Å²) in [5.74, 6) is -0.565. The monoisotopic (exact) mass is 469 g/mol. The van der Waals surface area contributed by atoms with E-state index in [0.29, 0.717) is 5.56 Å². The molecule has 1 aliphatic rings. The highest BCUT2D eigenvalue weighted by Crippen LogP contribution is 2.34. The van der Waals surface area contributed by atoms with Gasteiger partial charge < -0.3 is 5.73 Å². The van der Waals surface area contributed by atoms with Gasteiger partial charge in [-0.2, -0.15) is 5.10 Å². The van der Waals surface area contributed by atoms with Crippen LogP contribution in [-0.4, -0.2) is 58.6 Å². The minimum absolute atomic E-state index is 0.0765. The maximum absolute atomic E-state index is 15.0. The SMILES string of the molecule is NC(=O)CN1CCN(C(c2cn[nH]c2)c2ccc(F)c(-c3ccc(-c4ccccc4)cc3)c2)CC1. The van der Waals surface area contributed by atoms with E-state index in [4.69, 9.17) is 5.73 Å². The van der Waals surface area contributed by atoms with Gasteiger partial charge in [-0.1, -0.05) is 60.7 Å². The Morgan fingerprint density at radius 2 is 1.60 bits per heavy atom. The summed E-state index contributed by atoms with van der Waals surface area (Å²) < 4.78 is 15.0. The molecule has 0 bridgehead atoms. The summed E-state index contributed by atoms with van der Waals surface area (Å²) in [6.07, 6.45) is 3.70. The van der Waals surface area contributed by atoms with Gasteiger partial charge in [0.2, 0.25) is 5.91 Å². The average molecular weight is 470 g/mol. The van der Waals surface area contributed by atoms with Crippen molar-refractivity contribution in [1.29, 1.82) is 0 Å². The number of halogens is 1. The van der Waals surface area contributed by atoms with Crippen molar-refractivity contribution in [2.75, 3.05) is 32.7 Å². The minimum atomic E-state index is -0.314. The van der Waals surface area contributed by atoms with Crippen LogP contribution in [0.5, 0.6) is 0 Å². The van der Waals surface area contributed by atoms with Gasteiger partial charge >= 0.3 is 0 Å². The minimum Gasteiger partial charge on any atom is -0.369 e. The molecule has 1 amide bonds. The van der Waals surface area contributed by atoms with Gasteiger partial charge in [-0.05, 0) is 34.4 Å². The number of nitrogens with one attached hydrogen (secondary N) is 1. The fourth-order valence-corrected chi connectivity index (χ4v) is 4.83.